The Bertz CT molecular complexity index is 2040. The molecule has 9 amide bonds. The van der Waals surface area contributed by atoms with Crippen molar-refractivity contribution in [3.8, 4) is 5.75 Å². The van der Waals surface area contributed by atoms with Crippen molar-refractivity contribution in [2.24, 2.45) is 23.3 Å². The summed E-state index contributed by atoms with van der Waals surface area (Å²) in [6.45, 7) is 9.20. The molecule has 24 heteroatoms. The van der Waals surface area contributed by atoms with E-state index in [9.17, 15) is 57.8 Å². The van der Waals surface area contributed by atoms with Crippen molar-refractivity contribution in [1.29, 1.82) is 0 Å². The van der Waals surface area contributed by atoms with E-state index in [1.54, 1.807) is 26.0 Å². The summed E-state index contributed by atoms with van der Waals surface area (Å²) in [4.78, 5) is 149. The van der Waals surface area contributed by atoms with E-state index in [1.165, 1.54) is 30.9 Å². The molecule has 0 unspecified atom stereocenters. The average Bonchev–Trinajstić information content (AvgIpc) is 3.78. The Morgan fingerprint density at radius 2 is 1.42 bits per heavy atom. The van der Waals surface area contributed by atoms with E-state index in [-0.39, 0.29) is 67.6 Å². The highest BCUT2D eigenvalue weighted by Crippen LogP contribution is 2.26. The number of benzene rings is 1. The zero-order valence-corrected chi connectivity index (χ0v) is 41.6. The number of ketones is 2. The Morgan fingerprint density at radius 1 is 0.812 bits per heavy atom. The average molecular weight is 1010 g/mol. The number of amides is 9. The van der Waals surface area contributed by atoms with Crippen LogP contribution < -0.4 is 48.7 Å². The smallest absolute Gasteiger partial charge is 0.246 e. The number of Topliss-reactive ketones (excluding diaryl/α,β-unsaturated/α-hetero) is 2. The van der Waals surface area contributed by atoms with Gasteiger partial charge in [-0.25, -0.2) is 0 Å². The first-order chi connectivity index (χ1) is 32.5. The van der Waals surface area contributed by atoms with Crippen molar-refractivity contribution in [3.05, 3.63) is 29.8 Å². The number of likely N-dealkylation sites (tertiary alicyclic amines) is 1. The van der Waals surface area contributed by atoms with Gasteiger partial charge in [0.1, 0.15) is 59.6 Å². The van der Waals surface area contributed by atoms with Crippen LogP contribution in [-0.4, -0.2) is 148 Å². The molecule has 0 spiro atoms. The van der Waals surface area contributed by atoms with Gasteiger partial charge in [-0.05, 0) is 69.1 Å². The normalized spacial score (nSPS) is 24.3. The second-order valence-corrected chi connectivity index (χ2v) is 20.4. The molecule has 0 saturated carbocycles. The van der Waals surface area contributed by atoms with Crippen LogP contribution in [0.2, 0.25) is 0 Å². The third-order valence-corrected chi connectivity index (χ3v) is 13.9. The number of nitrogens with zero attached hydrogens (tertiary/aromatic N) is 1. The summed E-state index contributed by atoms with van der Waals surface area (Å²) in [6.07, 6.45) is 0.0817. The van der Waals surface area contributed by atoms with Crippen LogP contribution in [0, 0.1) is 11.8 Å². The second kappa shape index (κ2) is 28.0. The Morgan fingerprint density at radius 3 is 2.03 bits per heavy atom. The lowest BCUT2D eigenvalue weighted by atomic mass is 9.96. The van der Waals surface area contributed by atoms with Crippen molar-refractivity contribution in [1.82, 2.24) is 42.1 Å². The Kier molecular flexibility index (Phi) is 23.4. The summed E-state index contributed by atoms with van der Waals surface area (Å²) in [5.41, 5.74) is 12.1. The SMILES string of the molecule is CC[C@H](C)[C@@H]1NC(=O)[C@H](Cc2ccc(O)cc2)NC(=O)[C@@H](N)CSSC[C@@H](C(=O)N2CCC[C@H]2C(=O)N[C@@H](CC(C)C)C(=O)NCC(N)=O)NC(=O)[C@H](CC(C)=O)NC(=O)[C@H](CCC(C)=O)NC1=O. The van der Waals surface area contributed by atoms with Gasteiger partial charge < -0.3 is 63.5 Å². The molecule has 1 aromatic carbocycles. The minimum Gasteiger partial charge on any atom is -0.508 e. The number of nitrogens with two attached hydrogens (primary N) is 2. The molecule has 9 atom stereocenters. The summed E-state index contributed by atoms with van der Waals surface area (Å²) in [5, 5.41) is 28.1. The molecule has 12 N–H and O–H groups in total. The molecule has 0 radical (unpaired) electrons. The molecule has 3 rings (SSSR count). The molecular formula is C45H68N10O12S2. The van der Waals surface area contributed by atoms with E-state index in [0.717, 1.165) is 21.6 Å². The van der Waals surface area contributed by atoms with Crippen LogP contribution in [0.1, 0.15) is 92.1 Å². The number of nitrogens with one attached hydrogen (secondary N) is 7. The second-order valence-electron chi connectivity index (χ2n) is 17.9. The van der Waals surface area contributed by atoms with E-state index in [1.807, 2.05) is 13.8 Å². The van der Waals surface area contributed by atoms with Crippen LogP contribution in [-0.2, 0) is 59.2 Å². The number of phenols is 1. The van der Waals surface area contributed by atoms with Crippen LogP contribution in [0.3, 0.4) is 0 Å². The highest BCUT2D eigenvalue weighted by molar-refractivity contribution is 8.76. The molecule has 2 saturated heterocycles. The number of hydrogen-bond acceptors (Lipinski definition) is 15. The number of rotatable bonds is 17. The van der Waals surface area contributed by atoms with Crippen molar-refractivity contribution in [2.45, 2.75) is 141 Å². The fraction of sp³-hybridized carbons (Fsp3) is 0.622. The lowest BCUT2D eigenvalue weighted by Gasteiger charge is -2.31. The number of primary amides is 1. The number of carbonyl (C=O) groups excluding carboxylic acids is 11. The summed E-state index contributed by atoms with van der Waals surface area (Å²) in [6, 6.07) is -4.49. The molecule has 0 aliphatic carbocycles. The number of carbonyl (C=O) groups is 11. The van der Waals surface area contributed by atoms with Gasteiger partial charge >= 0.3 is 0 Å². The fourth-order valence-electron chi connectivity index (χ4n) is 7.49. The topological polar surface area (TPSA) is 347 Å². The van der Waals surface area contributed by atoms with E-state index in [4.69, 9.17) is 11.5 Å². The first kappa shape index (κ1) is 57.6. The van der Waals surface area contributed by atoms with Crippen LogP contribution in [0.5, 0.6) is 5.75 Å². The Labute approximate surface area is 409 Å². The predicted molar refractivity (Wildman–Crippen MR) is 257 cm³/mol. The van der Waals surface area contributed by atoms with Gasteiger partial charge in [0.25, 0.3) is 0 Å². The molecule has 2 heterocycles. The van der Waals surface area contributed by atoms with E-state index < -0.39 is 126 Å². The van der Waals surface area contributed by atoms with Gasteiger partial charge in [0, 0.05) is 37.3 Å². The van der Waals surface area contributed by atoms with Gasteiger partial charge in [0.05, 0.1) is 12.6 Å². The zero-order chi connectivity index (χ0) is 51.5. The Hall–Kier alpha value is -5.75. The van der Waals surface area contributed by atoms with Crippen molar-refractivity contribution >= 4 is 86.3 Å². The summed E-state index contributed by atoms with van der Waals surface area (Å²) >= 11 is 0. The van der Waals surface area contributed by atoms with Gasteiger partial charge in [0.15, 0.2) is 0 Å². The van der Waals surface area contributed by atoms with Gasteiger partial charge in [0.2, 0.25) is 53.2 Å². The highest BCUT2D eigenvalue weighted by Gasteiger charge is 2.41. The van der Waals surface area contributed by atoms with Gasteiger partial charge in [-0.1, -0.05) is 67.8 Å². The fourth-order valence-corrected chi connectivity index (χ4v) is 9.77. The molecule has 1 aromatic rings. The number of hydrogen-bond donors (Lipinski definition) is 10. The number of phenolic OH excluding ortho intramolecular Hbond substituents is 1. The van der Waals surface area contributed by atoms with Crippen LogP contribution in [0.4, 0.5) is 0 Å². The van der Waals surface area contributed by atoms with Gasteiger partial charge in [-0.2, -0.15) is 0 Å². The van der Waals surface area contributed by atoms with Crippen LogP contribution in [0.25, 0.3) is 0 Å². The molecule has 382 valence electrons. The minimum atomic E-state index is -1.60. The minimum absolute atomic E-state index is 0.0328. The quantitative estimate of drug-likeness (QED) is 0.0803. The molecular weight excluding hydrogens is 937 g/mol. The maximum absolute atomic E-state index is 14.5. The lowest BCUT2D eigenvalue weighted by Crippen LogP contribution is -2.61. The largest absolute Gasteiger partial charge is 0.508 e. The first-order valence-corrected chi connectivity index (χ1v) is 25.4. The van der Waals surface area contributed by atoms with Crippen LogP contribution >= 0.6 is 21.6 Å². The third kappa shape index (κ3) is 18.9. The lowest BCUT2D eigenvalue weighted by molar-refractivity contribution is -0.142. The molecule has 2 aliphatic rings. The number of aromatic hydroxyl groups is 1. The summed E-state index contributed by atoms with van der Waals surface area (Å²) < 4.78 is 0. The van der Waals surface area contributed by atoms with E-state index >= 15 is 0 Å². The van der Waals surface area contributed by atoms with Gasteiger partial charge in [-0.15, -0.1) is 0 Å². The molecule has 2 aliphatic heterocycles. The van der Waals surface area contributed by atoms with Crippen molar-refractivity contribution in [3.63, 3.8) is 0 Å². The van der Waals surface area contributed by atoms with E-state index in [0.29, 0.717) is 18.4 Å². The zero-order valence-electron chi connectivity index (χ0n) is 39.9. The van der Waals surface area contributed by atoms with Crippen molar-refractivity contribution in [2.75, 3.05) is 24.6 Å². The van der Waals surface area contributed by atoms with E-state index in [2.05, 4.69) is 37.2 Å². The molecule has 0 bridgehead atoms. The summed E-state index contributed by atoms with van der Waals surface area (Å²) in [7, 11) is 2.11. The monoisotopic (exact) mass is 1000 g/mol. The maximum Gasteiger partial charge on any atom is 0.246 e. The molecule has 69 heavy (non-hydrogen) atoms. The maximum atomic E-state index is 14.5. The Balaban J connectivity index is 2.05. The molecule has 2 fully saturated rings. The molecule has 22 nitrogen and oxygen atoms in total. The van der Waals surface area contributed by atoms with Gasteiger partial charge in [-0.3, -0.25) is 47.9 Å². The standard InChI is InChI=1S/C45H68N10O12S2/c1-7-24(4)37-44(66)49-30(15-10-25(5)56)40(62)51-32(18-26(6)57)41(63)53-34(22-69-68-21-29(46)38(60)50-33(42(64)54-37)19-27-11-13-28(58)14-12-27)45(67)55-16-8-9-35(55)43(65)52-31(17-23(2)3)39(61)48-20-36(47)59/h11-14,23-24,29-35,37,58H,7-10,15-22,46H2,1-6H3,(H2,47,59)(H,48,61)(H,49,66)(H,50,60)(H,51,62)(H,52,65)(H,53,63)(H,54,64)/t24-,29-,30-,31-,32-,33-,34-,35-,37-/m0/s1. The molecule has 0 aromatic heterocycles. The first-order valence-electron chi connectivity index (χ1n) is 23.0. The summed E-state index contributed by atoms with van der Waals surface area (Å²) in [5.74, 6) is -8.77. The highest BCUT2D eigenvalue weighted by atomic mass is 33.1. The third-order valence-electron chi connectivity index (χ3n) is 11.5. The predicted octanol–water partition coefficient (Wildman–Crippen LogP) is -1.40. The van der Waals surface area contributed by atoms with Crippen LogP contribution in [0.15, 0.2) is 24.3 Å². The van der Waals surface area contributed by atoms with Crippen molar-refractivity contribution < 1.29 is 57.8 Å².